The maximum absolute atomic E-state index is 13.2. The van der Waals surface area contributed by atoms with E-state index in [2.05, 4.69) is 22.0 Å². The monoisotopic (exact) mass is 415 g/mol. The second-order valence-electron chi connectivity index (χ2n) is 10.7. The first kappa shape index (κ1) is 20.5. The molecule has 166 valence electrons. The van der Waals surface area contributed by atoms with E-state index in [1.165, 1.54) is 38.5 Å². The normalized spacial score (nSPS) is 29.0. The molecule has 6 nitrogen and oxygen atoms in total. The fraction of sp³-hybridized carbons (Fsp3) is 0.875. The minimum absolute atomic E-state index is 0.0618. The topological polar surface area (TPSA) is 68.5 Å². The van der Waals surface area contributed by atoms with Crippen molar-refractivity contribution in [2.75, 3.05) is 19.7 Å². The molecule has 1 aromatic heterocycles. The summed E-state index contributed by atoms with van der Waals surface area (Å²) in [7, 11) is 0. The highest BCUT2D eigenvalue weighted by molar-refractivity contribution is 5.82. The summed E-state index contributed by atoms with van der Waals surface area (Å²) in [6.45, 7) is 4.68. The lowest BCUT2D eigenvalue weighted by molar-refractivity contribution is -0.156. The summed E-state index contributed by atoms with van der Waals surface area (Å²) in [5, 5.41) is 4.26. The molecule has 0 bridgehead atoms. The molecule has 0 N–H and O–H groups in total. The van der Waals surface area contributed by atoms with Gasteiger partial charge >= 0.3 is 0 Å². The Hall–Kier alpha value is -1.43. The Morgan fingerprint density at radius 1 is 1.07 bits per heavy atom. The average molecular weight is 416 g/mol. The van der Waals surface area contributed by atoms with Gasteiger partial charge < -0.3 is 14.2 Å². The molecule has 6 heteroatoms. The zero-order chi connectivity index (χ0) is 20.6. The van der Waals surface area contributed by atoms with Gasteiger partial charge in [-0.25, -0.2) is 0 Å². The molecule has 0 radical (unpaired) electrons. The molecular weight excluding hydrogens is 378 g/mol. The van der Waals surface area contributed by atoms with E-state index in [0.29, 0.717) is 17.7 Å². The molecular formula is C24H37N3O3. The smallest absolute Gasteiger partial charge is 0.229 e. The number of carbonyl (C=O) groups excluding carboxylic acids is 1. The lowest BCUT2D eigenvalue weighted by Crippen LogP contribution is -2.53. The van der Waals surface area contributed by atoms with Gasteiger partial charge in [0.15, 0.2) is 5.82 Å². The minimum Gasteiger partial charge on any atom is -0.375 e. The Morgan fingerprint density at radius 2 is 1.83 bits per heavy atom. The lowest BCUT2D eigenvalue weighted by atomic mass is 9.73. The van der Waals surface area contributed by atoms with Gasteiger partial charge in [-0.05, 0) is 57.3 Å². The molecule has 2 aliphatic carbocycles. The van der Waals surface area contributed by atoms with E-state index in [1.54, 1.807) is 0 Å². The van der Waals surface area contributed by atoms with Crippen molar-refractivity contribution in [2.24, 2.45) is 11.3 Å². The van der Waals surface area contributed by atoms with E-state index >= 15 is 0 Å². The molecule has 4 aliphatic rings. The maximum atomic E-state index is 13.2. The second-order valence-corrected chi connectivity index (χ2v) is 10.7. The zero-order valence-corrected chi connectivity index (χ0v) is 18.5. The van der Waals surface area contributed by atoms with Crippen molar-refractivity contribution in [1.29, 1.82) is 0 Å². The van der Waals surface area contributed by atoms with Crippen LogP contribution in [0.15, 0.2) is 4.52 Å². The fourth-order valence-electron chi connectivity index (χ4n) is 6.13. The molecule has 2 saturated carbocycles. The number of ether oxygens (including phenoxy) is 1. The van der Waals surface area contributed by atoms with Crippen LogP contribution in [0.2, 0.25) is 0 Å². The third-order valence-electron chi connectivity index (χ3n) is 8.44. The van der Waals surface area contributed by atoms with Gasteiger partial charge in [-0.15, -0.1) is 0 Å². The van der Waals surface area contributed by atoms with Crippen molar-refractivity contribution >= 4 is 5.91 Å². The highest BCUT2D eigenvalue weighted by Crippen LogP contribution is 2.42. The van der Waals surface area contributed by atoms with Crippen LogP contribution in [-0.2, 0) is 16.0 Å². The van der Waals surface area contributed by atoms with Crippen molar-refractivity contribution < 1.29 is 14.1 Å². The summed E-state index contributed by atoms with van der Waals surface area (Å²) >= 11 is 0. The van der Waals surface area contributed by atoms with Crippen LogP contribution in [0, 0.1) is 11.3 Å². The molecule has 0 aromatic carbocycles. The number of amides is 1. The van der Waals surface area contributed by atoms with Gasteiger partial charge in [0.25, 0.3) is 0 Å². The summed E-state index contributed by atoms with van der Waals surface area (Å²) in [5.41, 5.74) is -0.191. The van der Waals surface area contributed by atoms with Gasteiger partial charge in [0.05, 0.1) is 5.60 Å². The summed E-state index contributed by atoms with van der Waals surface area (Å²) in [4.78, 5) is 20.0. The van der Waals surface area contributed by atoms with E-state index in [4.69, 9.17) is 9.26 Å². The summed E-state index contributed by atoms with van der Waals surface area (Å²) in [5.74, 6) is 3.15. The standard InChI is InChI=1S/C24H37N3O3/c1-23(9-3-2-4-10-23)22(28)27-13-11-24(12-14-27)17-18(8-15-29-24)16-20-25-21(30-26-20)19-6-5-7-19/h18-19H,2-17H2,1H3. The fourth-order valence-corrected chi connectivity index (χ4v) is 6.13. The van der Waals surface area contributed by atoms with E-state index in [-0.39, 0.29) is 11.0 Å². The number of rotatable bonds is 4. The predicted molar refractivity (Wildman–Crippen MR) is 113 cm³/mol. The van der Waals surface area contributed by atoms with E-state index in [9.17, 15) is 4.79 Å². The number of hydrogen-bond acceptors (Lipinski definition) is 5. The molecule has 1 aromatic rings. The minimum atomic E-state index is -0.129. The van der Waals surface area contributed by atoms with Crippen LogP contribution in [-0.4, -0.2) is 46.2 Å². The van der Waals surface area contributed by atoms with Crippen molar-refractivity contribution in [3.05, 3.63) is 11.7 Å². The molecule has 1 amide bonds. The quantitative estimate of drug-likeness (QED) is 0.717. The number of carbonyl (C=O) groups is 1. The van der Waals surface area contributed by atoms with Crippen LogP contribution in [0.25, 0.3) is 0 Å². The third-order valence-corrected chi connectivity index (χ3v) is 8.44. The van der Waals surface area contributed by atoms with Crippen molar-refractivity contribution in [3.63, 3.8) is 0 Å². The van der Waals surface area contributed by atoms with Crippen molar-refractivity contribution in [3.8, 4) is 0 Å². The van der Waals surface area contributed by atoms with E-state index in [0.717, 1.165) is 76.4 Å². The number of nitrogens with zero attached hydrogens (tertiary/aromatic N) is 3. The first-order valence-electron chi connectivity index (χ1n) is 12.3. The number of likely N-dealkylation sites (tertiary alicyclic amines) is 1. The van der Waals surface area contributed by atoms with Crippen LogP contribution >= 0.6 is 0 Å². The Kier molecular flexibility index (Phi) is 5.63. The van der Waals surface area contributed by atoms with Gasteiger partial charge in [-0.1, -0.05) is 37.8 Å². The Morgan fingerprint density at radius 3 is 2.53 bits per heavy atom. The van der Waals surface area contributed by atoms with Gasteiger partial charge in [0.1, 0.15) is 0 Å². The first-order chi connectivity index (χ1) is 14.6. The van der Waals surface area contributed by atoms with Crippen LogP contribution in [0.1, 0.15) is 102 Å². The highest BCUT2D eigenvalue weighted by Gasteiger charge is 2.44. The molecule has 3 heterocycles. The van der Waals surface area contributed by atoms with Crippen LogP contribution < -0.4 is 0 Å². The molecule has 1 spiro atoms. The van der Waals surface area contributed by atoms with Crippen LogP contribution in [0.3, 0.4) is 0 Å². The molecule has 1 atom stereocenters. The van der Waals surface area contributed by atoms with Crippen LogP contribution in [0.5, 0.6) is 0 Å². The average Bonchev–Trinajstić information content (AvgIpc) is 3.15. The maximum Gasteiger partial charge on any atom is 0.229 e. The first-order valence-corrected chi connectivity index (χ1v) is 12.3. The van der Waals surface area contributed by atoms with Gasteiger partial charge in [0.2, 0.25) is 11.8 Å². The van der Waals surface area contributed by atoms with Crippen LogP contribution in [0.4, 0.5) is 0 Å². The summed E-state index contributed by atoms with van der Waals surface area (Å²) in [6, 6.07) is 0. The predicted octanol–water partition coefficient (Wildman–Crippen LogP) is 4.64. The second kappa shape index (κ2) is 8.25. The highest BCUT2D eigenvalue weighted by atomic mass is 16.5. The Labute approximate surface area is 180 Å². The summed E-state index contributed by atoms with van der Waals surface area (Å²) in [6.07, 6.45) is 14.4. The van der Waals surface area contributed by atoms with Crippen molar-refractivity contribution in [1.82, 2.24) is 15.0 Å². The van der Waals surface area contributed by atoms with Gasteiger partial charge in [-0.2, -0.15) is 4.98 Å². The Bertz CT molecular complexity index is 743. The third kappa shape index (κ3) is 4.04. The molecule has 30 heavy (non-hydrogen) atoms. The van der Waals surface area contributed by atoms with E-state index in [1.807, 2.05) is 0 Å². The lowest BCUT2D eigenvalue weighted by Gasteiger charge is -2.48. The molecule has 2 aliphatic heterocycles. The molecule has 5 rings (SSSR count). The number of piperidine rings is 1. The van der Waals surface area contributed by atoms with Gasteiger partial charge in [0, 0.05) is 37.5 Å². The van der Waals surface area contributed by atoms with Gasteiger partial charge in [-0.3, -0.25) is 4.79 Å². The zero-order valence-electron chi connectivity index (χ0n) is 18.5. The number of aromatic nitrogens is 2. The molecule has 4 fully saturated rings. The SMILES string of the molecule is CC1(C(=O)N2CCC3(CC2)CC(Cc2noc(C4CCC4)n2)CCO3)CCCCC1. The van der Waals surface area contributed by atoms with E-state index < -0.39 is 0 Å². The Balaban J connectivity index is 1.16. The largest absolute Gasteiger partial charge is 0.375 e. The van der Waals surface area contributed by atoms with Crippen molar-refractivity contribution in [2.45, 2.75) is 102 Å². The number of hydrogen-bond donors (Lipinski definition) is 0. The molecule has 2 saturated heterocycles. The summed E-state index contributed by atoms with van der Waals surface area (Å²) < 4.78 is 11.9. The molecule has 1 unspecified atom stereocenters.